The molecule has 1 aromatic carbocycles. The molecule has 100 valence electrons. The summed E-state index contributed by atoms with van der Waals surface area (Å²) >= 11 is 0. The maximum atomic E-state index is 11.7. The zero-order valence-corrected chi connectivity index (χ0v) is 11.2. The van der Waals surface area contributed by atoms with Crippen molar-refractivity contribution in [3.8, 4) is 5.75 Å². The minimum absolute atomic E-state index is 0.0654. The number of hydrogen-bond donors (Lipinski definition) is 1. The highest BCUT2D eigenvalue weighted by Crippen LogP contribution is 2.20. The summed E-state index contributed by atoms with van der Waals surface area (Å²) < 4.78 is 10.4. The van der Waals surface area contributed by atoms with Crippen molar-refractivity contribution >= 4 is 11.8 Å². The smallest absolute Gasteiger partial charge is 0.264 e. The molecule has 1 aromatic heterocycles. The van der Waals surface area contributed by atoms with E-state index in [1.54, 1.807) is 13.0 Å². The van der Waals surface area contributed by atoms with Gasteiger partial charge < -0.3 is 9.26 Å². The van der Waals surface area contributed by atoms with Crippen molar-refractivity contribution in [3.63, 3.8) is 0 Å². The first-order valence-corrected chi connectivity index (χ1v) is 5.98. The van der Waals surface area contributed by atoms with Crippen molar-refractivity contribution in [2.45, 2.75) is 20.8 Å². The van der Waals surface area contributed by atoms with Gasteiger partial charge in [-0.1, -0.05) is 17.3 Å². The number of nitrogens with zero attached hydrogens (tertiary/aromatic N) is 1. The van der Waals surface area contributed by atoms with E-state index in [-0.39, 0.29) is 12.5 Å². The predicted octanol–water partition coefficient (Wildman–Crippen LogP) is 2.62. The normalized spacial score (nSPS) is 10.3. The summed E-state index contributed by atoms with van der Waals surface area (Å²) in [5.74, 6) is 0.757. The number of anilines is 1. The van der Waals surface area contributed by atoms with E-state index in [0.29, 0.717) is 17.3 Å². The zero-order valence-electron chi connectivity index (χ0n) is 11.2. The van der Waals surface area contributed by atoms with Crippen LogP contribution in [-0.2, 0) is 4.79 Å². The third kappa shape index (κ3) is 3.34. The fourth-order valence-corrected chi connectivity index (χ4v) is 1.62. The third-order valence-electron chi connectivity index (χ3n) is 2.80. The lowest BCUT2D eigenvalue weighted by Gasteiger charge is -2.10. The Morgan fingerprint density at radius 3 is 2.84 bits per heavy atom. The Kier molecular flexibility index (Phi) is 3.85. The Balaban J connectivity index is 1.91. The Labute approximate surface area is 111 Å². The van der Waals surface area contributed by atoms with E-state index in [1.807, 2.05) is 32.0 Å². The van der Waals surface area contributed by atoms with Crippen LogP contribution in [0.1, 0.15) is 16.8 Å². The van der Waals surface area contributed by atoms with Crippen LogP contribution in [0.5, 0.6) is 5.75 Å². The average molecular weight is 260 g/mol. The summed E-state index contributed by atoms with van der Waals surface area (Å²) in [5.41, 5.74) is 2.88. The molecule has 0 radical (unpaired) electrons. The molecule has 0 saturated carbocycles. The van der Waals surface area contributed by atoms with E-state index in [4.69, 9.17) is 9.26 Å². The molecule has 1 N–H and O–H groups in total. The van der Waals surface area contributed by atoms with Crippen LogP contribution < -0.4 is 10.1 Å². The number of ether oxygens (including phenoxy) is 1. The second kappa shape index (κ2) is 5.56. The van der Waals surface area contributed by atoms with Crippen molar-refractivity contribution in [2.24, 2.45) is 0 Å². The molecular weight excluding hydrogens is 244 g/mol. The van der Waals surface area contributed by atoms with Crippen molar-refractivity contribution in [1.82, 2.24) is 5.16 Å². The average Bonchev–Trinajstić information content (AvgIpc) is 2.76. The van der Waals surface area contributed by atoms with Gasteiger partial charge >= 0.3 is 0 Å². The van der Waals surface area contributed by atoms with Crippen molar-refractivity contribution in [3.05, 3.63) is 41.1 Å². The lowest BCUT2D eigenvalue weighted by atomic mass is 10.1. The molecule has 0 unspecified atom stereocenters. The number of aromatic nitrogens is 1. The summed E-state index contributed by atoms with van der Waals surface area (Å²) in [4.78, 5) is 11.7. The third-order valence-corrected chi connectivity index (χ3v) is 2.80. The number of benzene rings is 1. The van der Waals surface area contributed by atoms with Gasteiger partial charge in [0.2, 0.25) is 5.88 Å². The van der Waals surface area contributed by atoms with Gasteiger partial charge in [0.15, 0.2) is 6.61 Å². The summed E-state index contributed by atoms with van der Waals surface area (Å²) in [6.07, 6.45) is 0. The lowest BCUT2D eigenvalue weighted by Crippen LogP contribution is -2.20. The van der Waals surface area contributed by atoms with Crippen LogP contribution in [0.3, 0.4) is 0 Å². The summed E-state index contributed by atoms with van der Waals surface area (Å²) in [5, 5.41) is 6.26. The van der Waals surface area contributed by atoms with Crippen LogP contribution in [0.4, 0.5) is 5.88 Å². The van der Waals surface area contributed by atoms with Gasteiger partial charge in [0.05, 0.1) is 5.69 Å². The molecule has 1 amide bonds. The van der Waals surface area contributed by atoms with Gasteiger partial charge in [-0.05, 0) is 38.0 Å². The van der Waals surface area contributed by atoms with Gasteiger partial charge in [0.25, 0.3) is 5.91 Å². The highest BCUT2D eigenvalue weighted by molar-refractivity contribution is 5.90. The minimum Gasteiger partial charge on any atom is -0.483 e. The van der Waals surface area contributed by atoms with Crippen LogP contribution >= 0.6 is 0 Å². The fourth-order valence-electron chi connectivity index (χ4n) is 1.62. The highest BCUT2D eigenvalue weighted by atomic mass is 16.5. The largest absolute Gasteiger partial charge is 0.483 e. The molecule has 0 aliphatic rings. The number of rotatable bonds is 4. The van der Waals surface area contributed by atoms with E-state index in [2.05, 4.69) is 10.5 Å². The predicted molar refractivity (Wildman–Crippen MR) is 71.3 cm³/mol. The number of aryl methyl sites for hydroxylation is 2. The summed E-state index contributed by atoms with van der Waals surface area (Å²) in [6.45, 7) is 5.68. The van der Waals surface area contributed by atoms with Crippen LogP contribution in [0.25, 0.3) is 0 Å². The molecule has 5 nitrogen and oxygen atoms in total. The molecule has 1 heterocycles. The highest BCUT2D eigenvalue weighted by Gasteiger charge is 2.08. The van der Waals surface area contributed by atoms with E-state index in [0.717, 1.165) is 11.1 Å². The van der Waals surface area contributed by atoms with Crippen LogP contribution in [-0.4, -0.2) is 17.7 Å². The Bertz CT molecular complexity index is 590. The SMILES string of the molecule is Cc1cc(NC(=O)COc2cccc(C)c2C)on1. The quantitative estimate of drug-likeness (QED) is 0.917. The van der Waals surface area contributed by atoms with E-state index >= 15 is 0 Å². The summed E-state index contributed by atoms with van der Waals surface area (Å²) in [7, 11) is 0. The summed E-state index contributed by atoms with van der Waals surface area (Å²) in [6, 6.07) is 7.39. The first kappa shape index (κ1) is 13.1. The second-order valence-corrected chi connectivity index (χ2v) is 4.37. The monoisotopic (exact) mass is 260 g/mol. The van der Waals surface area contributed by atoms with Crippen molar-refractivity contribution < 1.29 is 14.1 Å². The molecule has 0 aliphatic heterocycles. The molecule has 0 bridgehead atoms. The van der Waals surface area contributed by atoms with Crippen LogP contribution in [0.2, 0.25) is 0 Å². The molecule has 0 aliphatic carbocycles. The molecule has 0 atom stereocenters. The van der Waals surface area contributed by atoms with Gasteiger partial charge in [-0.25, -0.2) is 0 Å². The first-order chi connectivity index (χ1) is 9.06. The number of carbonyl (C=O) groups excluding carboxylic acids is 1. The Hall–Kier alpha value is -2.30. The van der Waals surface area contributed by atoms with E-state index < -0.39 is 0 Å². The number of amides is 1. The van der Waals surface area contributed by atoms with Gasteiger partial charge in [0.1, 0.15) is 5.75 Å². The first-order valence-electron chi connectivity index (χ1n) is 5.98. The Morgan fingerprint density at radius 1 is 1.37 bits per heavy atom. The molecule has 0 saturated heterocycles. The number of hydrogen-bond acceptors (Lipinski definition) is 4. The minimum atomic E-state index is -0.281. The number of carbonyl (C=O) groups is 1. The molecule has 2 rings (SSSR count). The van der Waals surface area contributed by atoms with Crippen LogP contribution in [0, 0.1) is 20.8 Å². The molecule has 0 spiro atoms. The van der Waals surface area contributed by atoms with Gasteiger partial charge in [0, 0.05) is 6.07 Å². The maximum Gasteiger partial charge on any atom is 0.264 e. The maximum absolute atomic E-state index is 11.7. The number of nitrogens with one attached hydrogen (secondary N) is 1. The Morgan fingerprint density at radius 2 is 2.16 bits per heavy atom. The van der Waals surface area contributed by atoms with Gasteiger partial charge in [-0.2, -0.15) is 0 Å². The van der Waals surface area contributed by atoms with Crippen molar-refractivity contribution in [2.75, 3.05) is 11.9 Å². The van der Waals surface area contributed by atoms with E-state index in [9.17, 15) is 4.79 Å². The second-order valence-electron chi connectivity index (χ2n) is 4.37. The van der Waals surface area contributed by atoms with Gasteiger partial charge in [-0.3, -0.25) is 10.1 Å². The zero-order chi connectivity index (χ0) is 13.8. The van der Waals surface area contributed by atoms with Crippen molar-refractivity contribution in [1.29, 1.82) is 0 Å². The molecule has 2 aromatic rings. The fraction of sp³-hybridized carbons (Fsp3) is 0.286. The lowest BCUT2D eigenvalue weighted by molar-refractivity contribution is -0.118. The molecular formula is C14H16N2O3. The standard InChI is InChI=1S/C14H16N2O3/c1-9-5-4-6-12(11(9)3)18-8-13(17)15-14-7-10(2)16-19-14/h4-7H,8H2,1-3H3,(H,15,17). The molecule has 0 fully saturated rings. The molecule has 19 heavy (non-hydrogen) atoms. The topological polar surface area (TPSA) is 64.4 Å². The molecule has 5 heteroatoms. The van der Waals surface area contributed by atoms with Crippen LogP contribution in [0.15, 0.2) is 28.8 Å². The van der Waals surface area contributed by atoms with Gasteiger partial charge in [-0.15, -0.1) is 0 Å². The van der Waals surface area contributed by atoms with E-state index in [1.165, 1.54) is 0 Å².